The van der Waals surface area contributed by atoms with Crippen LogP contribution in [0.15, 0.2) is 24.8 Å². The van der Waals surface area contributed by atoms with Crippen LogP contribution in [0.2, 0.25) is 0 Å². The minimum Gasteiger partial charge on any atom is -0.321 e. The highest BCUT2D eigenvalue weighted by molar-refractivity contribution is 5.65. The summed E-state index contributed by atoms with van der Waals surface area (Å²) in [5.74, 6) is -0.0238. The molecule has 3 aromatic rings. The number of hydrogen-bond donors (Lipinski definition) is 1. The van der Waals surface area contributed by atoms with Gasteiger partial charge in [-0.3, -0.25) is 9.36 Å². The fourth-order valence-electron chi connectivity index (χ4n) is 2.45. The van der Waals surface area contributed by atoms with Gasteiger partial charge in [0.15, 0.2) is 0 Å². The summed E-state index contributed by atoms with van der Waals surface area (Å²) in [6.45, 7) is 5.09. The molecule has 1 N–H and O–H groups in total. The molecule has 0 aliphatic rings. The molecule has 0 radical (unpaired) electrons. The van der Waals surface area contributed by atoms with Gasteiger partial charge < -0.3 is 5.32 Å². The van der Waals surface area contributed by atoms with E-state index in [0.29, 0.717) is 11.4 Å². The van der Waals surface area contributed by atoms with Crippen LogP contribution >= 0.6 is 0 Å². The largest absolute Gasteiger partial charge is 0.419 e. The molecular weight excluding hydrogens is 373 g/mol. The Balaban J connectivity index is 2.02. The fourth-order valence-corrected chi connectivity index (χ4v) is 2.45. The van der Waals surface area contributed by atoms with Crippen molar-refractivity contribution in [1.82, 2.24) is 29.5 Å². The van der Waals surface area contributed by atoms with Gasteiger partial charge in [0.25, 0.3) is 0 Å². The molecule has 0 amide bonds. The first kappa shape index (κ1) is 19.3. The molecule has 28 heavy (non-hydrogen) atoms. The summed E-state index contributed by atoms with van der Waals surface area (Å²) in [5.41, 5.74) is -0.857. The van der Waals surface area contributed by atoms with E-state index in [0.717, 1.165) is 6.20 Å². The Morgan fingerprint density at radius 1 is 1.18 bits per heavy atom. The van der Waals surface area contributed by atoms with E-state index in [9.17, 15) is 18.4 Å². The summed E-state index contributed by atoms with van der Waals surface area (Å²) in [7, 11) is 1.60. The normalized spacial score (nSPS) is 12.1. The molecule has 0 saturated carbocycles. The zero-order valence-electron chi connectivity index (χ0n) is 15.6. The van der Waals surface area contributed by atoms with E-state index in [2.05, 4.69) is 31.6 Å². The smallest absolute Gasteiger partial charge is 0.321 e. The maximum Gasteiger partial charge on any atom is 0.419 e. The summed E-state index contributed by atoms with van der Waals surface area (Å²) in [4.78, 5) is 7.85. The van der Waals surface area contributed by atoms with Gasteiger partial charge in [-0.15, -0.1) is 0 Å². The predicted octanol–water partition coefficient (Wildman–Crippen LogP) is 3.40. The van der Waals surface area contributed by atoms with Crippen molar-refractivity contribution in [3.8, 4) is 17.3 Å². The van der Waals surface area contributed by atoms with Crippen LogP contribution in [-0.4, -0.2) is 29.5 Å². The summed E-state index contributed by atoms with van der Waals surface area (Å²) >= 11 is 0. The summed E-state index contributed by atoms with van der Waals surface area (Å²) in [5, 5.41) is 20.3. The number of rotatable bonds is 4. The highest BCUT2D eigenvalue weighted by Gasteiger charge is 2.36. The second-order valence-electron chi connectivity index (χ2n) is 6.72. The minimum atomic E-state index is -4.61. The van der Waals surface area contributed by atoms with Crippen molar-refractivity contribution in [1.29, 1.82) is 5.26 Å². The Labute approximate surface area is 158 Å². The maximum absolute atomic E-state index is 13.4. The van der Waals surface area contributed by atoms with Gasteiger partial charge in [0.1, 0.15) is 11.1 Å². The Kier molecular flexibility index (Phi) is 4.58. The van der Waals surface area contributed by atoms with E-state index >= 15 is 0 Å². The molecular formula is C17H17F3N8. The van der Waals surface area contributed by atoms with Crippen molar-refractivity contribution in [2.75, 3.05) is 5.32 Å². The monoisotopic (exact) mass is 390 g/mol. The van der Waals surface area contributed by atoms with Gasteiger partial charge in [0, 0.05) is 25.0 Å². The van der Waals surface area contributed by atoms with Crippen LogP contribution in [0.1, 0.15) is 25.1 Å². The topological polar surface area (TPSA) is 97.2 Å². The number of aromatic nitrogens is 6. The molecule has 0 aliphatic carbocycles. The van der Waals surface area contributed by atoms with E-state index in [1.54, 1.807) is 34.0 Å². The molecule has 0 aliphatic heterocycles. The van der Waals surface area contributed by atoms with Crippen molar-refractivity contribution in [3.05, 3.63) is 36.0 Å². The van der Waals surface area contributed by atoms with E-state index in [1.165, 1.54) is 21.8 Å². The van der Waals surface area contributed by atoms with Crippen LogP contribution in [0.5, 0.6) is 0 Å². The molecule has 0 bridgehead atoms. The number of aryl methyl sites for hydroxylation is 2. The van der Waals surface area contributed by atoms with Crippen LogP contribution in [0.3, 0.4) is 0 Å². The molecule has 0 aromatic carbocycles. The van der Waals surface area contributed by atoms with Crippen LogP contribution < -0.4 is 5.32 Å². The van der Waals surface area contributed by atoms with E-state index < -0.39 is 17.3 Å². The zero-order chi connectivity index (χ0) is 20.7. The molecule has 0 saturated heterocycles. The maximum atomic E-state index is 13.4. The van der Waals surface area contributed by atoms with Crippen molar-refractivity contribution in [2.45, 2.75) is 32.5 Å². The van der Waals surface area contributed by atoms with Crippen LogP contribution in [-0.2, 0) is 18.8 Å². The van der Waals surface area contributed by atoms with Crippen molar-refractivity contribution >= 4 is 11.6 Å². The van der Waals surface area contributed by atoms with Crippen LogP contribution in [0, 0.1) is 18.3 Å². The van der Waals surface area contributed by atoms with Crippen molar-refractivity contribution in [2.24, 2.45) is 7.05 Å². The van der Waals surface area contributed by atoms with Gasteiger partial charge in [-0.2, -0.15) is 28.6 Å². The summed E-state index contributed by atoms with van der Waals surface area (Å²) in [6.07, 6.45) is 0.460. The van der Waals surface area contributed by atoms with E-state index in [4.69, 9.17) is 0 Å². The number of nitrogens with zero attached hydrogens (tertiary/aromatic N) is 7. The molecule has 0 atom stereocenters. The second kappa shape index (κ2) is 6.63. The number of nitriles is 1. The Morgan fingerprint density at radius 2 is 1.89 bits per heavy atom. The molecule has 0 unspecified atom stereocenters. The number of nitrogens with one attached hydrogen (secondary N) is 1. The minimum absolute atomic E-state index is 0.0238. The molecule has 146 valence electrons. The standard InChI is InChI=1S/C17H17F3N8/c1-10-13(8-28(26-10)16(2,3)9-21)24-15-22-6-12(17(18,19)20)14(25-15)11-5-23-27(4)7-11/h5-8H,1-4H3,(H,22,24,25). The third-order valence-electron chi connectivity index (χ3n) is 4.06. The molecule has 0 spiro atoms. The first-order valence-electron chi connectivity index (χ1n) is 8.19. The second-order valence-corrected chi connectivity index (χ2v) is 6.72. The van der Waals surface area contributed by atoms with E-state index in [-0.39, 0.29) is 17.2 Å². The van der Waals surface area contributed by atoms with Gasteiger partial charge in [0.2, 0.25) is 5.95 Å². The lowest BCUT2D eigenvalue weighted by Crippen LogP contribution is -2.24. The Morgan fingerprint density at radius 3 is 2.46 bits per heavy atom. The zero-order valence-corrected chi connectivity index (χ0v) is 15.6. The molecule has 0 fully saturated rings. The van der Waals surface area contributed by atoms with Crippen molar-refractivity contribution in [3.63, 3.8) is 0 Å². The molecule has 3 rings (SSSR count). The van der Waals surface area contributed by atoms with Gasteiger partial charge in [-0.25, -0.2) is 9.97 Å². The van der Waals surface area contributed by atoms with E-state index in [1.807, 2.05) is 0 Å². The van der Waals surface area contributed by atoms with Gasteiger partial charge >= 0.3 is 6.18 Å². The molecule has 11 heteroatoms. The lowest BCUT2D eigenvalue weighted by atomic mass is 10.1. The van der Waals surface area contributed by atoms with Gasteiger partial charge in [0.05, 0.1) is 35.5 Å². The average molecular weight is 390 g/mol. The predicted molar refractivity (Wildman–Crippen MR) is 94.4 cm³/mol. The van der Waals surface area contributed by atoms with Crippen LogP contribution in [0.4, 0.5) is 24.8 Å². The summed E-state index contributed by atoms with van der Waals surface area (Å²) < 4.78 is 43.0. The highest BCUT2D eigenvalue weighted by Crippen LogP contribution is 2.36. The summed E-state index contributed by atoms with van der Waals surface area (Å²) in [6, 6.07) is 2.13. The van der Waals surface area contributed by atoms with Gasteiger partial charge in [-0.05, 0) is 20.8 Å². The highest BCUT2D eigenvalue weighted by atomic mass is 19.4. The molecule has 3 heterocycles. The average Bonchev–Trinajstić information content (AvgIpc) is 3.20. The molecule has 8 nitrogen and oxygen atoms in total. The third-order valence-corrected chi connectivity index (χ3v) is 4.06. The SMILES string of the molecule is Cc1nn(C(C)(C)C#N)cc1Nc1ncc(C(F)(F)F)c(-c2cnn(C)c2)n1. The number of anilines is 2. The fraction of sp³-hybridized carbons (Fsp3) is 0.353. The van der Waals surface area contributed by atoms with Crippen molar-refractivity contribution < 1.29 is 13.2 Å². The lowest BCUT2D eigenvalue weighted by Gasteiger charge is -2.15. The Bertz CT molecular complexity index is 1060. The number of hydrogen-bond acceptors (Lipinski definition) is 6. The molecule has 3 aromatic heterocycles. The lowest BCUT2D eigenvalue weighted by molar-refractivity contribution is -0.137. The van der Waals surface area contributed by atoms with Gasteiger partial charge in [-0.1, -0.05) is 0 Å². The third kappa shape index (κ3) is 3.66. The Hall–Kier alpha value is -3.42. The first-order chi connectivity index (χ1) is 13.0. The number of alkyl halides is 3. The first-order valence-corrected chi connectivity index (χ1v) is 8.19. The number of halogens is 3. The van der Waals surface area contributed by atoms with Crippen LogP contribution in [0.25, 0.3) is 11.3 Å². The quantitative estimate of drug-likeness (QED) is 0.733.